The lowest BCUT2D eigenvalue weighted by atomic mass is 9.92. The molecule has 0 unspecified atom stereocenters. The summed E-state index contributed by atoms with van der Waals surface area (Å²) in [4.78, 5) is 33.9. The van der Waals surface area contributed by atoms with Crippen LogP contribution in [0.4, 0.5) is 26.7 Å². The summed E-state index contributed by atoms with van der Waals surface area (Å²) in [5.74, 6) is -0.148. The molecule has 34 heavy (non-hydrogen) atoms. The van der Waals surface area contributed by atoms with E-state index in [1.54, 1.807) is 32.4 Å². The molecule has 4 aromatic rings. The summed E-state index contributed by atoms with van der Waals surface area (Å²) in [5, 5.41) is 12.3. The van der Waals surface area contributed by atoms with Crippen molar-refractivity contribution in [2.24, 2.45) is 7.05 Å². The summed E-state index contributed by atoms with van der Waals surface area (Å²) in [6, 6.07) is 6.56. The van der Waals surface area contributed by atoms with Gasteiger partial charge in [0.2, 0.25) is 11.8 Å². The van der Waals surface area contributed by atoms with Gasteiger partial charge in [0.25, 0.3) is 5.56 Å². The Hall–Kier alpha value is -4.28. The van der Waals surface area contributed by atoms with Crippen LogP contribution in [0.1, 0.15) is 26.5 Å². The molecular weight excluding hydrogens is 441 g/mol. The second kappa shape index (κ2) is 8.58. The number of urea groups is 1. The van der Waals surface area contributed by atoms with Crippen LogP contribution >= 0.6 is 0 Å². The number of aromatic nitrogens is 4. The SMILES string of the molecule is CNc1ncc2cc(-c3ccc(F)c(NC(=O)Nc4cc(C(C)(C)C)no4)c3)c(=O)n(C)c2n1. The first-order valence-corrected chi connectivity index (χ1v) is 10.5. The molecule has 0 atom stereocenters. The molecule has 0 spiro atoms. The first kappa shape index (κ1) is 22.9. The quantitative estimate of drug-likeness (QED) is 0.414. The van der Waals surface area contributed by atoms with E-state index in [1.165, 1.54) is 22.8 Å². The number of aryl methyl sites for hydroxylation is 1. The van der Waals surface area contributed by atoms with Gasteiger partial charge < -0.3 is 15.2 Å². The second-order valence-corrected chi connectivity index (χ2v) is 8.74. The minimum Gasteiger partial charge on any atom is -0.357 e. The first-order chi connectivity index (χ1) is 16.1. The highest BCUT2D eigenvalue weighted by Crippen LogP contribution is 2.26. The van der Waals surface area contributed by atoms with Gasteiger partial charge in [-0.25, -0.2) is 14.2 Å². The number of nitrogens with zero attached hydrogens (tertiary/aromatic N) is 4. The highest BCUT2D eigenvalue weighted by Gasteiger charge is 2.20. The largest absolute Gasteiger partial charge is 0.357 e. The van der Waals surface area contributed by atoms with Crippen molar-refractivity contribution in [1.82, 2.24) is 19.7 Å². The summed E-state index contributed by atoms with van der Waals surface area (Å²) in [6.07, 6.45) is 1.59. The van der Waals surface area contributed by atoms with E-state index >= 15 is 0 Å². The fourth-order valence-electron chi connectivity index (χ4n) is 3.32. The number of nitrogens with one attached hydrogen (secondary N) is 3. The Bertz CT molecular complexity index is 1450. The summed E-state index contributed by atoms with van der Waals surface area (Å²) in [7, 11) is 3.28. The highest BCUT2D eigenvalue weighted by molar-refractivity contribution is 5.99. The normalized spacial score (nSPS) is 11.5. The van der Waals surface area contributed by atoms with E-state index < -0.39 is 11.8 Å². The zero-order valence-corrected chi connectivity index (χ0v) is 19.4. The van der Waals surface area contributed by atoms with Gasteiger partial charge >= 0.3 is 6.03 Å². The van der Waals surface area contributed by atoms with Crippen LogP contribution in [0, 0.1) is 5.82 Å². The molecule has 176 valence electrons. The van der Waals surface area contributed by atoms with Crippen molar-refractivity contribution in [3.8, 4) is 11.1 Å². The van der Waals surface area contributed by atoms with Crippen molar-refractivity contribution < 1.29 is 13.7 Å². The van der Waals surface area contributed by atoms with Crippen LogP contribution in [0.15, 0.2) is 45.8 Å². The molecule has 0 saturated carbocycles. The summed E-state index contributed by atoms with van der Waals surface area (Å²) in [6.45, 7) is 5.87. The van der Waals surface area contributed by atoms with Crippen molar-refractivity contribution >= 4 is 34.6 Å². The van der Waals surface area contributed by atoms with E-state index in [9.17, 15) is 14.0 Å². The maximum Gasteiger partial charge on any atom is 0.326 e. The standard InChI is InChI=1S/C23H24FN7O3/c1-23(2,3)17-10-18(34-30-17)28-22(33)27-16-9-12(6-7-15(16)24)14-8-13-11-26-21(25-4)29-19(13)31(5)20(14)32/h6-11H,1-5H3,(H,25,26,29)(H2,27,28,33). The van der Waals surface area contributed by atoms with Gasteiger partial charge in [0, 0.05) is 42.7 Å². The molecule has 3 N–H and O–H groups in total. The Morgan fingerprint density at radius 3 is 2.59 bits per heavy atom. The Balaban J connectivity index is 1.63. The van der Waals surface area contributed by atoms with Crippen LogP contribution in [-0.4, -0.2) is 32.8 Å². The molecule has 11 heteroatoms. The molecule has 0 bridgehead atoms. The van der Waals surface area contributed by atoms with Gasteiger partial charge in [-0.1, -0.05) is 32.0 Å². The maximum absolute atomic E-state index is 14.5. The molecular formula is C23H24FN7O3. The van der Waals surface area contributed by atoms with Gasteiger partial charge in [0.05, 0.1) is 11.4 Å². The average molecular weight is 465 g/mol. The lowest BCUT2D eigenvalue weighted by Gasteiger charge is -2.12. The lowest BCUT2D eigenvalue weighted by Crippen LogP contribution is -2.21. The number of halogens is 1. The van der Waals surface area contributed by atoms with Crippen LogP contribution in [0.5, 0.6) is 0 Å². The van der Waals surface area contributed by atoms with Gasteiger partial charge in [-0.05, 0) is 23.8 Å². The van der Waals surface area contributed by atoms with Crippen molar-refractivity contribution in [3.05, 3.63) is 58.4 Å². The molecule has 4 rings (SSSR count). The summed E-state index contributed by atoms with van der Waals surface area (Å²) in [5.41, 5.74) is 1.16. The fourth-order valence-corrected chi connectivity index (χ4v) is 3.32. The van der Waals surface area contributed by atoms with Crippen molar-refractivity contribution in [2.75, 3.05) is 23.0 Å². The molecule has 1 aromatic carbocycles. The van der Waals surface area contributed by atoms with E-state index in [4.69, 9.17) is 4.52 Å². The number of benzene rings is 1. The smallest absolute Gasteiger partial charge is 0.326 e. The molecule has 0 aliphatic rings. The monoisotopic (exact) mass is 465 g/mol. The van der Waals surface area contributed by atoms with E-state index in [2.05, 4.69) is 31.1 Å². The van der Waals surface area contributed by atoms with Crippen LogP contribution in [0.2, 0.25) is 0 Å². The van der Waals surface area contributed by atoms with Crippen LogP contribution in [-0.2, 0) is 12.5 Å². The van der Waals surface area contributed by atoms with E-state index in [-0.39, 0.29) is 22.5 Å². The molecule has 3 aromatic heterocycles. The Morgan fingerprint density at radius 2 is 1.91 bits per heavy atom. The number of fused-ring (bicyclic) bond motifs is 1. The number of amides is 2. The Kier molecular flexibility index (Phi) is 5.78. The number of rotatable bonds is 4. The lowest BCUT2D eigenvalue weighted by molar-refractivity contribution is 0.261. The number of carbonyl (C=O) groups excluding carboxylic acids is 1. The van der Waals surface area contributed by atoms with Gasteiger partial charge in [0.15, 0.2) is 0 Å². The number of pyridine rings is 1. The first-order valence-electron chi connectivity index (χ1n) is 10.5. The molecule has 0 aliphatic carbocycles. The highest BCUT2D eigenvalue weighted by atomic mass is 19.1. The number of hydrogen-bond acceptors (Lipinski definition) is 7. The van der Waals surface area contributed by atoms with Gasteiger partial charge in [-0.3, -0.25) is 14.7 Å². The molecule has 3 heterocycles. The van der Waals surface area contributed by atoms with Gasteiger partial charge in [0.1, 0.15) is 11.5 Å². The third-order valence-electron chi connectivity index (χ3n) is 5.21. The minimum atomic E-state index is -0.716. The molecule has 0 saturated heterocycles. The minimum absolute atomic E-state index is 0.102. The Labute approximate surface area is 194 Å². The van der Waals surface area contributed by atoms with Crippen molar-refractivity contribution in [2.45, 2.75) is 26.2 Å². The second-order valence-electron chi connectivity index (χ2n) is 8.74. The number of hydrogen-bond donors (Lipinski definition) is 3. The predicted molar refractivity (Wildman–Crippen MR) is 128 cm³/mol. The average Bonchev–Trinajstić information content (AvgIpc) is 3.26. The van der Waals surface area contributed by atoms with Crippen LogP contribution < -0.4 is 21.5 Å². The topological polar surface area (TPSA) is 127 Å². The van der Waals surface area contributed by atoms with Crippen molar-refractivity contribution in [3.63, 3.8) is 0 Å². The van der Waals surface area contributed by atoms with Crippen LogP contribution in [0.3, 0.4) is 0 Å². The molecule has 0 fully saturated rings. The third kappa shape index (κ3) is 4.45. The summed E-state index contributed by atoms with van der Waals surface area (Å²) >= 11 is 0. The van der Waals surface area contributed by atoms with E-state index in [0.717, 1.165) is 0 Å². The van der Waals surface area contributed by atoms with E-state index in [1.807, 2.05) is 20.8 Å². The van der Waals surface area contributed by atoms with E-state index in [0.29, 0.717) is 33.8 Å². The molecule has 10 nitrogen and oxygen atoms in total. The van der Waals surface area contributed by atoms with Gasteiger partial charge in [-0.15, -0.1) is 0 Å². The summed E-state index contributed by atoms with van der Waals surface area (Å²) < 4.78 is 21.0. The molecule has 2 amide bonds. The maximum atomic E-state index is 14.5. The predicted octanol–water partition coefficient (Wildman–Crippen LogP) is 4.11. The Morgan fingerprint density at radius 1 is 1.15 bits per heavy atom. The third-order valence-corrected chi connectivity index (χ3v) is 5.21. The number of anilines is 3. The fraction of sp³-hybridized carbons (Fsp3) is 0.261. The number of carbonyl (C=O) groups is 1. The zero-order valence-electron chi connectivity index (χ0n) is 19.4. The van der Waals surface area contributed by atoms with Crippen molar-refractivity contribution in [1.29, 1.82) is 0 Å². The molecule has 0 radical (unpaired) electrons. The van der Waals surface area contributed by atoms with Crippen LogP contribution in [0.25, 0.3) is 22.2 Å². The van der Waals surface area contributed by atoms with Gasteiger partial charge in [-0.2, -0.15) is 4.98 Å². The molecule has 0 aliphatic heterocycles. The zero-order chi connectivity index (χ0) is 24.6.